The first-order chi connectivity index (χ1) is 10.9. The molecule has 2 N–H and O–H groups in total. The van der Waals surface area contributed by atoms with Gasteiger partial charge < -0.3 is 15.5 Å². The Balaban J connectivity index is 2.12. The van der Waals surface area contributed by atoms with E-state index >= 15 is 0 Å². The molecule has 1 aromatic carbocycles. The molecule has 0 aliphatic heterocycles. The molecule has 0 bridgehead atoms. The van der Waals surface area contributed by atoms with Crippen molar-refractivity contribution < 1.29 is 4.79 Å². The quantitative estimate of drug-likeness (QED) is 0.766. The lowest BCUT2D eigenvalue weighted by Crippen LogP contribution is -2.21. The summed E-state index contributed by atoms with van der Waals surface area (Å²) in [4.78, 5) is 22.4. The summed E-state index contributed by atoms with van der Waals surface area (Å²) in [6.07, 6.45) is 0. The number of benzene rings is 1. The van der Waals surface area contributed by atoms with Crippen LogP contribution in [0.2, 0.25) is 0 Å². The highest BCUT2D eigenvalue weighted by Crippen LogP contribution is 2.17. The van der Waals surface area contributed by atoms with Crippen LogP contribution in [0.4, 0.5) is 17.5 Å². The summed E-state index contributed by atoms with van der Waals surface area (Å²) >= 11 is 0. The zero-order chi connectivity index (χ0) is 16.8. The maximum Gasteiger partial charge on any atom is 0.229 e. The van der Waals surface area contributed by atoms with Gasteiger partial charge in [-0.05, 0) is 40.1 Å². The predicted octanol–water partition coefficient (Wildman–Crippen LogP) is 2.70. The summed E-state index contributed by atoms with van der Waals surface area (Å²) in [6.45, 7) is 5.21. The number of ketones is 1. The van der Waals surface area contributed by atoms with Crippen LogP contribution in [0.15, 0.2) is 30.3 Å². The van der Waals surface area contributed by atoms with Gasteiger partial charge in [0.15, 0.2) is 5.78 Å². The first kappa shape index (κ1) is 16.9. The van der Waals surface area contributed by atoms with Crippen LogP contribution in [0.5, 0.6) is 0 Å². The Kier molecular flexibility index (Phi) is 5.65. The van der Waals surface area contributed by atoms with E-state index in [1.165, 1.54) is 0 Å². The van der Waals surface area contributed by atoms with Crippen molar-refractivity contribution in [1.29, 1.82) is 0 Å². The molecule has 0 aliphatic carbocycles. The SMILES string of the molecule is CC(=O)c1cccc(Nc2nc(C)cc(NCCN(C)C)n2)c1. The molecule has 0 spiro atoms. The highest BCUT2D eigenvalue weighted by atomic mass is 16.1. The minimum absolute atomic E-state index is 0.0323. The average Bonchev–Trinajstić information content (AvgIpc) is 2.46. The second-order valence-corrected chi connectivity index (χ2v) is 5.71. The van der Waals surface area contributed by atoms with Gasteiger partial charge in [0.1, 0.15) is 5.82 Å². The zero-order valence-electron chi connectivity index (χ0n) is 14.1. The first-order valence-corrected chi connectivity index (χ1v) is 7.56. The minimum atomic E-state index is 0.0323. The number of anilines is 3. The maximum absolute atomic E-state index is 11.5. The molecule has 1 aromatic heterocycles. The van der Waals surface area contributed by atoms with Crippen molar-refractivity contribution in [1.82, 2.24) is 14.9 Å². The van der Waals surface area contributed by atoms with Gasteiger partial charge in [-0.1, -0.05) is 12.1 Å². The molecule has 1 heterocycles. The third-order valence-corrected chi connectivity index (χ3v) is 3.24. The number of Topliss-reactive ketones (excluding diaryl/α,β-unsaturated/α-hetero) is 1. The Labute approximate surface area is 137 Å². The maximum atomic E-state index is 11.5. The van der Waals surface area contributed by atoms with Gasteiger partial charge in [-0.15, -0.1) is 0 Å². The van der Waals surface area contributed by atoms with Crippen LogP contribution in [0.1, 0.15) is 23.0 Å². The first-order valence-electron chi connectivity index (χ1n) is 7.56. The van der Waals surface area contributed by atoms with E-state index in [4.69, 9.17) is 0 Å². The lowest BCUT2D eigenvalue weighted by Gasteiger charge is -2.12. The standard InChI is InChI=1S/C17H23N5O/c1-12-10-16(18-8-9-22(3)4)21-17(19-12)20-15-7-5-6-14(11-15)13(2)23/h5-7,10-11H,8-9H2,1-4H3,(H2,18,19,20,21). The third-order valence-electron chi connectivity index (χ3n) is 3.24. The fourth-order valence-corrected chi connectivity index (χ4v) is 2.07. The Morgan fingerprint density at radius 3 is 2.70 bits per heavy atom. The molecule has 0 fully saturated rings. The van der Waals surface area contributed by atoms with Gasteiger partial charge in [0.05, 0.1) is 0 Å². The number of carbonyl (C=O) groups excluding carboxylic acids is 1. The second kappa shape index (κ2) is 7.69. The molecule has 0 aliphatic rings. The fraction of sp³-hybridized carbons (Fsp3) is 0.353. The summed E-state index contributed by atoms with van der Waals surface area (Å²) in [5, 5.41) is 6.44. The van der Waals surface area contributed by atoms with E-state index in [9.17, 15) is 4.79 Å². The second-order valence-electron chi connectivity index (χ2n) is 5.71. The van der Waals surface area contributed by atoms with Crippen molar-refractivity contribution in [3.05, 3.63) is 41.6 Å². The molecule has 6 heteroatoms. The molecule has 0 radical (unpaired) electrons. The molecular weight excluding hydrogens is 290 g/mol. The van der Waals surface area contributed by atoms with Gasteiger partial charge >= 0.3 is 0 Å². The molecule has 0 unspecified atom stereocenters. The molecule has 0 saturated carbocycles. The van der Waals surface area contributed by atoms with Gasteiger partial charge in [0.25, 0.3) is 0 Å². The molecule has 0 atom stereocenters. The van der Waals surface area contributed by atoms with Crippen molar-refractivity contribution >= 4 is 23.2 Å². The number of nitrogens with zero attached hydrogens (tertiary/aromatic N) is 3. The van der Waals surface area contributed by atoms with Crippen LogP contribution in [0, 0.1) is 6.92 Å². The number of aromatic nitrogens is 2. The third kappa shape index (κ3) is 5.34. The van der Waals surface area contributed by atoms with Crippen LogP contribution in [0.25, 0.3) is 0 Å². The monoisotopic (exact) mass is 313 g/mol. The van der Waals surface area contributed by atoms with Gasteiger partial charge in [-0.2, -0.15) is 4.98 Å². The van der Waals surface area contributed by atoms with Crippen molar-refractivity contribution in [2.45, 2.75) is 13.8 Å². The number of nitrogens with one attached hydrogen (secondary N) is 2. The van der Waals surface area contributed by atoms with Gasteiger partial charge in [-0.3, -0.25) is 4.79 Å². The number of likely N-dealkylation sites (N-methyl/N-ethyl adjacent to an activating group) is 1. The number of rotatable bonds is 7. The van der Waals surface area contributed by atoms with E-state index in [0.717, 1.165) is 30.3 Å². The van der Waals surface area contributed by atoms with Crippen LogP contribution in [-0.4, -0.2) is 47.8 Å². The molecule has 23 heavy (non-hydrogen) atoms. The van der Waals surface area contributed by atoms with E-state index in [2.05, 4.69) is 25.5 Å². The van der Waals surface area contributed by atoms with E-state index in [-0.39, 0.29) is 5.78 Å². The topological polar surface area (TPSA) is 70.2 Å². The van der Waals surface area contributed by atoms with Gasteiger partial charge in [-0.25, -0.2) is 4.98 Å². The largest absolute Gasteiger partial charge is 0.369 e. The van der Waals surface area contributed by atoms with E-state index in [1.54, 1.807) is 19.1 Å². The summed E-state index contributed by atoms with van der Waals surface area (Å²) in [5.74, 6) is 1.33. The Hall–Kier alpha value is -2.47. The smallest absolute Gasteiger partial charge is 0.229 e. The Morgan fingerprint density at radius 2 is 2.00 bits per heavy atom. The predicted molar refractivity (Wildman–Crippen MR) is 93.5 cm³/mol. The summed E-state index contributed by atoms with van der Waals surface area (Å²) in [7, 11) is 4.06. The summed E-state index contributed by atoms with van der Waals surface area (Å²) in [6, 6.07) is 9.22. The van der Waals surface area contributed by atoms with E-state index < -0.39 is 0 Å². The summed E-state index contributed by atoms with van der Waals surface area (Å²) in [5.41, 5.74) is 2.33. The van der Waals surface area contributed by atoms with Crippen LogP contribution in [-0.2, 0) is 0 Å². The normalized spacial score (nSPS) is 10.7. The molecule has 6 nitrogen and oxygen atoms in total. The molecular formula is C17H23N5O. The van der Waals surface area contributed by atoms with Crippen LogP contribution in [0.3, 0.4) is 0 Å². The van der Waals surface area contributed by atoms with Gasteiger partial charge in [0, 0.05) is 36.1 Å². The number of aryl methyl sites for hydroxylation is 1. The minimum Gasteiger partial charge on any atom is -0.369 e. The number of hydrogen-bond acceptors (Lipinski definition) is 6. The zero-order valence-corrected chi connectivity index (χ0v) is 14.1. The number of carbonyl (C=O) groups is 1. The van der Waals surface area contributed by atoms with Crippen molar-refractivity contribution in [2.24, 2.45) is 0 Å². The highest BCUT2D eigenvalue weighted by molar-refractivity contribution is 5.95. The molecule has 122 valence electrons. The highest BCUT2D eigenvalue weighted by Gasteiger charge is 2.05. The molecule has 0 amide bonds. The molecule has 2 aromatic rings. The van der Waals surface area contributed by atoms with Crippen molar-refractivity contribution in [2.75, 3.05) is 37.8 Å². The van der Waals surface area contributed by atoms with Crippen molar-refractivity contribution in [3.8, 4) is 0 Å². The lowest BCUT2D eigenvalue weighted by molar-refractivity contribution is 0.101. The van der Waals surface area contributed by atoms with E-state index in [1.807, 2.05) is 39.2 Å². The van der Waals surface area contributed by atoms with Crippen LogP contribution < -0.4 is 10.6 Å². The summed E-state index contributed by atoms with van der Waals surface area (Å²) < 4.78 is 0. The number of hydrogen-bond donors (Lipinski definition) is 2. The fourth-order valence-electron chi connectivity index (χ4n) is 2.07. The Morgan fingerprint density at radius 1 is 1.22 bits per heavy atom. The van der Waals surface area contributed by atoms with Crippen molar-refractivity contribution in [3.63, 3.8) is 0 Å². The van der Waals surface area contributed by atoms with Gasteiger partial charge in [0.2, 0.25) is 5.95 Å². The lowest BCUT2D eigenvalue weighted by atomic mass is 10.1. The van der Waals surface area contributed by atoms with E-state index in [0.29, 0.717) is 11.5 Å². The van der Waals surface area contributed by atoms with Crippen LogP contribution >= 0.6 is 0 Å². The molecule has 2 rings (SSSR count). The molecule has 0 saturated heterocycles. The Bertz CT molecular complexity index is 684. The average molecular weight is 313 g/mol.